The standard InChI is InChI=1S/C22H23N5O/c1-16(2)27-15-24-19-21(23-13-14-28-18-11-7-4-8-12-18)25-20(26-22(19)27)17-9-5-3-6-10-17/h3-12,15-16H,13-14H2,1-2H3,(H,23,25,26). The number of imidazole rings is 1. The second kappa shape index (κ2) is 8.08. The lowest BCUT2D eigenvalue weighted by molar-refractivity contribution is 0.333. The van der Waals surface area contributed by atoms with Crippen LogP contribution in [0, 0.1) is 0 Å². The molecule has 0 amide bonds. The molecule has 0 bridgehead atoms. The lowest BCUT2D eigenvalue weighted by atomic mass is 10.2. The summed E-state index contributed by atoms with van der Waals surface area (Å²) in [6, 6.07) is 20.0. The molecule has 0 aliphatic rings. The first-order valence-corrected chi connectivity index (χ1v) is 9.44. The Bertz CT molecular complexity index is 1040. The maximum Gasteiger partial charge on any atom is 0.166 e. The van der Waals surface area contributed by atoms with Gasteiger partial charge in [0.25, 0.3) is 0 Å². The van der Waals surface area contributed by atoms with E-state index in [0.29, 0.717) is 19.0 Å². The Morgan fingerprint density at radius 3 is 2.39 bits per heavy atom. The van der Waals surface area contributed by atoms with Crippen LogP contribution in [0.5, 0.6) is 5.75 Å². The van der Waals surface area contributed by atoms with Gasteiger partial charge in [0.15, 0.2) is 17.3 Å². The van der Waals surface area contributed by atoms with E-state index in [1.807, 2.05) is 67.0 Å². The van der Waals surface area contributed by atoms with Crippen LogP contribution in [-0.2, 0) is 0 Å². The fraction of sp³-hybridized carbons (Fsp3) is 0.227. The summed E-state index contributed by atoms with van der Waals surface area (Å²) < 4.78 is 7.83. The summed E-state index contributed by atoms with van der Waals surface area (Å²) in [4.78, 5) is 14.1. The van der Waals surface area contributed by atoms with E-state index in [0.717, 1.165) is 28.3 Å². The van der Waals surface area contributed by atoms with Crippen LogP contribution in [0.15, 0.2) is 67.0 Å². The number of rotatable bonds is 7. The van der Waals surface area contributed by atoms with Gasteiger partial charge in [-0.25, -0.2) is 15.0 Å². The second-order valence-electron chi connectivity index (χ2n) is 6.77. The van der Waals surface area contributed by atoms with Gasteiger partial charge in [-0.2, -0.15) is 0 Å². The molecule has 28 heavy (non-hydrogen) atoms. The summed E-state index contributed by atoms with van der Waals surface area (Å²) >= 11 is 0. The molecule has 0 aliphatic heterocycles. The molecule has 0 saturated heterocycles. The molecule has 6 nitrogen and oxygen atoms in total. The summed E-state index contributed by atoms with van der Waals surface area (Å²) in [6.45, 7) is 5.38. The topological polar surface area (TPSA) is 64.9 Å². The van der Waals surface area contributed by atoms with Crippen molar-refractivity contribution in [3.63, 3.8) is 0 Å². The monoisotopic (exact) mass is 373 g/mol. The number of aromatic nitrogens is 4. The smallest absolute Gasteiger partial charge is 0.166 e. The molecule has 0 saturated carbocycles. The minimum Gasteiger partial charge on any atom is -0.492 e. The van der Waals surface area contributed by atoms with Crippen LogP contribution in [0.2, 0.25) is 0 Å². The molecule has 1 N–H and O–H groups in total. The zero-order valence-electron chi connectivity index (χ0n) is 16.0. The number of anilines is 1. The number of nitrogens with one attached hydrogen (secondary N) is 1. The van der Waals surface area contributed by atoms with Gasteiger partial charge in [0.2, 0.25) is 0 Å². The molecule has 4 aromatic rings. The molecule has 2 heterocycles. The molecule has 2 aromatic carbocycles. The van der Waals surface area contributed by atoms with Gasteiger partial charge in [0.1, 0.15) is 17.9 Å². The third-order valence-electron chi connectivity index (χ3n) is 4.42. The third-order valence-corrected chi connectivity index (χ3v) is 4.42. The van der Waals surface area contributed by atoms with Crippen molar-refractivity contribution in [3.05, 3.63) is 67.0 Å². The van der Waals surface area contributed by atoms with Crippen molar-refractivity contribution in [2.75, 3.05) is 18.5 Å². The Morgan fingerprint density at radius 2 is 1.68 bits per heavy atom. The predicted octanol–water partition coefficient (Wildman–Crippen LogP) is 4.57. The van der Waals surface area contributed by atoms with Gasteiger partial charge in [0, 0.05) is 11.6 Å². The van der Waals surface area contributed by atoms with Crippen molar-refractivity contribution in [1.29, 1.82) is 0 Å². The number of hydrogen-bond acceptors (Lipinski definition) is 5. The zero-order chi connectivity index (χ0) is 19.3. The summed E-state index contributed by atoms with van der Waals surface area (Å²) in [6.07, 6.45) is 1.82. The minimum absolute atomic E-state index is 0.262. The third kappa shape index (κ3) is 3.81. The molecule has 0 spiro atoms. The highest BCUT2D eigenvalue weighted by Crippen LogP contribution is 2.25. The number of nitrogens with zero attached hydrogens (tertiary/aromatic N) is 4. The van der Waals surface area contributed by atoms with Gasteiger partial charge in [-0.05, 0) is 26.0 Å². The second-order valence-corrected chi connectivity index (χ2v) is 6.77. The molecule has 0 radical (unpaired) electrons. The Labute approximate surface area is 164 Å². The summed E-state index contributed by atoms with van der Waals surface area (Å²) in [5.41, 5.74) is 2.58. The molecule has 0 aliphatic carbocycles. The van der Waals surface area contributed by atoms with Crippen molar-refractivity contribution in [2.24, 2.45) is 0 Å². The highest BCUT2D eigenvalue weighted by molar-refractivity contribution is 5.85. The van der Waals surface area contributed by atoms with Crippen LogP contribution in [0.3, 0.4) is 0 Å². The first-order chi connectivity index (χ1) is 13.7. The minimum atomic E-state index is 0.262. The van der Waals surface area contributed by atoms with Crippen molar-refractivity contribution in [1.82, 2.24) is 19.5 Å². The van der Waals surface area contributed by atoms with Gasteiger partial charge >= 0.3 is 0 Å². The Hall–Kier alpha value is -3.41. The lowest BCUT2D eigenvalue weighted by Crippen LogP contribution is -2.13. The Kier molecular flexibility index (Phi) is 5.19. The summed E-state index contributed by atoms with van der Waals surface area (Å²) in [5.74, 6) is 2.26. The van der Waals surface area contributed by atoms with Gasteiger partial charge in [-0.1, -0.05) is 48.5 Å². The van der Waals surface area contributed by atoms with Crippen molar-refractivity contribution in [3.8, 4) is 17.1 Å². The maximum absolute atomic E-state index is 5.77. The average molecular weight is 373 g/mol. The fourth-order valence-corrected chi connectivity index (χ4v) is 2.99. The average Bonchev–Trinajstić information content (AvgIpc) is 3.17. The van der Waals surface area contributed by atoms with Crippen LogP contribution < -0.4 is 10.1 Å². The molecule has 2 aromatic heterocycles. The van der Waals surface area contributed by atoms with E-state index < -0.39 is 0 Å². The highest BCUT2D eigenvalue weighted by Gasteiger charge is 2.15. The molecule has 0 unspecified atom stereocenters. The first kappa shape index (κ1) is 18.0. The van der Waals surface area contributed by atoms with E-state index in [-0.39, 0.29) is 6.04 Å². The number of fused-ring (bicyclic) bond motifs is 1. The lowest BCUT2D eigenvalue weighted by Gasteiger charge is -2.12. The first-order valence-electron chi connectivity index (χ1n) is 9.44. The number of para-hydroxylation sites is 1. The van der Waals surface area contributed by atoms with Crippen molar-refractivity contribution < 1.29 is 4.74 Å². The molecular formula is C22H23N5O. The van der Waals surface area contributed by atoms with Gasteiger partial charge in [0.05, 0.1) is 12.9 Å². The number of ether oxygens (including phenoxy) is 1. The van der Waals surface area contributed by atoms with Gasteiger partial charge in [-0.3, -0.25) is 0 Å². The van der Waals surface area contributed by atoms with Crippen molar-refractivity contribution in [2.45, 2.75) is 19.9 Å². The van der Waals surface area contributed by atoms with E-state index >= 15 is 0 Å². The van der Waals surface area contributed by atoms with E-state index in [9.17, 15) is 0 Å². The van der Waals surface area contributed by atoms with Crippen molar-refractivity contribution >= 4 is 17.0 Å². The largest absolute Gasteiger partial charge is 0.492 e. The van der Waals surface area contributed by atoms with Crippen LogP contribution in [0.25, 0.3) is 22.6 Å². The van der Waals surface area contributed by atoms with Crippen LogP contribution >= 0.6 is 0 Å². The summed E-state index contributed by atoms with van der Waals surface area (Å²) in [7, 11) is 0. The van der Waals surface area contributed by atoms with Gasteiger partial charge in [-0.15, -0.1) is 0 Å². The van der Waals surface area contributed by atoms with Crippen LogP contribution in [0.1, 0.15) is 19.9 Å². The maximum atomic E-state index is 5.77. The molecule has 142 valence electrons. The van der Waals surface area contributed by atoms with E-state index in [4.69, 9.17) is 14.7 Å². The number of benzene rings is 2. The summed E-state index contributed by atoms with van der Waals surface area (Å²) in [5, 5.41) is 3.37. The van der Waals surface area contributed by atoms with Crippen LogP contribution in [0.4, 0.5) is 5.82 Å². The van der Waals surface area contributed by atoms with E-state index in [1.165, 1.54) is 0 Å². The van der Waals surface area contributed by atoms with Gasteiger partial charge < -0.3 is 14.6 Å². The van der Waals surface area contributed by atoms with E-state index in [1.54, 1.807) is 0 Å². The Morgan fingerprint density at radius 1 is 0.964 bits per heavy atom. The molecule has 6 heteroatoms. The van der Waals surface area contributed by atoms with Crippen LogP contribution in [-0.4, -0.2) is 32.7 Å². The predicted molar refractivity (Wildman–Crippen MR) is 112 cm³/mol. The fourth-order valence-electron chi connectivity index (χ4n) is 2.99. The Balaban J connectivity index is 1.60. The molecule has 0 atom stereocenters. The number of hydrogen-bond donors (Lipinski definition) is 1. The molecule has 0 fully saturated rings. The normalized spacial score (nSPS) is 11.1. The molecule has 4 rings (SSSR count). The highest BCUT2D eigenvalue weighted by atomic mass is 16.5. The van der Waals surface area contributed by atoms with E-state index in [2.05, 4.69) is 28.7 Å². The molecular weight excluding hydrogens is 350 g/mol. The SMILES string of the molecule is CC(C)n1cnc2c(NCCOc3ccccc3)nc(-c3ccccc3)nc21. The quantitative estimate of drug-likeness (QED) is 0.481. The zero-order valence-corrected chi connectivity index (χ0v) is 16.0.